The van der Waals surface area contributed by atoms with Crippen molar-refractivity contribution in [3.05, 3.63) is 59.8 Å². The van der Waals surface area contributed by atoms with E-state index >= 15 is 0 Å². The lowest BCUT2D eigenvalue weighted by Crippen LogP contribution is -2.59. The second-order valence-electron chi connectivity index (χ2n) is 12.4. The quantitative estimate of drug-likeness (QED) is 0.303. The number of anilines is 3. The Balaban J connectivity index is 1.03. The van der Waals surface area contributed by atoms with E-state index in [-0.39, 0.29) is 11.6 Å². The molecule has 8 rings (SSSR count). The number of likely N-dealkylation sites (tertiary alicyclic amines) is 1. The largest absolute Gasteiger partial charge is 0.385 e. The van der Waals surface area contributed by atoms with E-state index in [2.05, 4.69) is 42.9 Å². The van der Waals surface area contributed by atoms with E-state index in [0.29, 0.717) is 23.3 Å². The molecule has 2 atom stereocenters. The average molecular weight is 583 g/mol. The average Bonchev–Trinajstić information content (AvgIpc) is 3.36. The third-order valence-electron chi connectivity index (χ3n) is 9.44. The number of nitrogens with one attached hydrogen (secondary N) is 3. The highest BCUT2D eigenvalue weighted by atomic mass is 19.1. The fraction of sp³-hybridized carbons (Fsp3) is 0.452. The van der Waals surface area contributed by atoms with Crippen molar-refractivity contribution in [1.29, 1.82) is 0 Å². The van der Waals surface area contributed by atoms with Gasteiger partial charge in [-0.1, -0.05) is 12.1 Å². The molecular formula is C31H35FN10O. The Morgan fingerprint density at radius 3 is 2.72 bits per heavy atom. The SMILES string of the molecule is CNc1cc(N2CCc3c(-c4cnc(CN5CC6(CCNCC6)C5)cn4)cccc32)nn2c(C(=O)N[C@@H]3C[C@@H]3F)cnc12. The standard InChI is InChI=1S/C31H35FN10O/c1-33-24-12-28(39-42-27(15-37-29(24)42)30(43)38-23-11-22(23)32)41-10-5-21-20(3-2-4-26(21)41)25-14-35-19(13-36-25)16-40-17-31(18-40)6-8-34-9-7-31/h2-4,12-15,22-23,33-34H,5-11,16-18H2,1H3,(H,38,43)/t22-,23+/m0/s1. The number of alkyl halides is 1. The highest BCUT2D eigenvalue weighted by molar-refractivity contribution is 5.94. The summed E-state index contributed by atoms with van der Waals surface area (Å²) in [6.07, 6.45) is 8.03. The molecule has 3 aliphatic heterocycles. The summed E-state index contributed by atoms with van der Waals surface area (Å²) in [7, 11) is 1.82. The number of hydrogen-bond acceptors (Lipinski definition) is 9. The number of carbonyl (C=O) groups is 1. The fourth-order valence-corrected chi connectivity index (χ4v) is 6.99. The second-order valence-corrected chi connectivity index (χ2v) is 12.4. The minimum atomic E-state index is -0.983. The predicted octanol–water partition coefficient (Wildman–Crippen LogP) is 2.95. The highest BCUT2D eigenvalue weighted by Gasteiger charge is 2.43. The van der Waals surface area contributed by atoms with E-state index < -0.39 is 12.2 Å². The smallest absolute Gasteiger partial charge is 0.271 e. The van der Waals surface area contributed by atoms with Crippen LogP contribution in [0.4, 0.5) is 21.6 Å². The lowest BCUT2D eigenvalue weighted by Gasteiger charge is -2.52. The zero-order chi connectivity index (χ0) is 29.1. The number of amides is 1. The Morgan fingerprint density at radius 1 is 1.14 bits per heavy atom. The zero-order valence-corrected chi connectivity index (χ0v) is 24.2. The summed E-state index contributed by atoms with van der Waals surface area (Å²) in [6, 6.07) is 7.74. The van der Waals surface area contributed by atoms with Crippen LogP contribution in [0.25, 0.3) is 16.9 Å². The van der Waals surface area contributed by atoms with E-state index in [1.165, 1.54) is 24.6 Å². The summed E-state index contributed by atoms with van der Waals surface area (Å²) in [5.41, 5.74) is 7.25. The zero-order valence-electron chi connectivity index (χ0n) is 24.2. The summed E-state index contributed by atoms with van der Waals surface area (Å²) in [5, 5.41) is 14.2. The Bertz CT molecular complexity index is 1690. The molecule has 3 aromatic heterocycles. The topological polar surface area (TPSA) is 116 Å². The molecule has 0 bridgehead atoms. The van der Waals surface area contributed by atoms with Crippen LogP contribution in [0.3, 0.4) is 0 Å². The number of fused-ring (bicyclic) bond motifs is 2. The van der Waals surface area contributed by atoms with Gasteiger partial charge in [-0.25, -0.2) is 13.9 Å². The van der Waals surface area contributed by atoms with Crippen LogP contribution < -0.4 is 20.9 Å². The maximum atomic E-state index is 13.4. The van der Waals surface area contributed by atoms with Crippen molar-refractivity contribution in [3.8, 4) is 11.3 Å². The Kier molecular flexibility index (Phi) is 6.30. The minimum absolute atomic E-state index is 0.278. The molecule has 1 saturated carbocycles. The van der Waals surface area contributed by atoms with E-state index in [4.69, 9.17) is 15.1 Å². The first-order valence-corrected chi connectivity index (χ1v) is 15.2. The monoisotopic (exact) mass is 582 g/mol. The van der Waals surface area contributed by atoms with Crippen molar-refractivity contribution in [1.82, 2.24) is 40.1 Å². The Morgan fingerprint density at radius 2 is 1.98 bits per heavy atom. The van der Waals surface area contributed by atoms with Gasteiger partial charge in [0, 0.05) is 57.0 Å². The molecule has 11 nitrogen and oxygen atoms in total. The van der Waals surface area contributed by atoms with Crippen molar-refractivity contribution in [2.45, 2.75) is 44.4 Å². The van der Waals surface area contributed by atoms with Crippen molar-refractivity contribution in [2.75, 3.05) is 50.0 Å². The van der Waals surface area contributed by atoms with Crippen LogP contribution in [0.1, 0.15) is 41.0 Å². The van der Waals surface area contributed by atoms with E-state index in [9.17, 15) is 9.18 Å². The van der Waals surface area contributed by atoms with Gasteiger partial charge in [0.1, 0.15) is 6.17 Å². The van der Waals surface area contributed by atoms with Crippen LogP contribution in [0, 0.1) is 5.41 Å². The van der Waals surface area contributed by atoms with Gasteiger partial charge in [-0.05, 0) is 49.4 Å². The predicted molar refractivity (Wildman–Crippen MR) is 161 cm³/mol. The molecule has 4 aliphatic rings. The molecule has 1 aliphatic carbocycles. The Hall–Kier alpha value is -4.16. The molecule has 1 spiro atoms. The molecule has 43 heavy (non-hydrogen) atoms. The highest BCUT2D eigenvalue weighted by Crippen LogP contribution is 2.41. The first-order valence-electron chi connectivity index (χ1n) is 15.2. The van der Waals surface area contributed by atoms with Gasteiger partial charge in [-0.2, -0.15) is 0 Å². The number of hydrogen-bond donors (Lipinski definition) is 3. The number of nitrogens with zero attached hydrogens (tertiary/aromatic N) is 7. The number of benzene rings is 1. The van der Waals surface area contributed by atoms with E-state index in [1.807, 2.05) is 31.6 Å². The van der Waals surface area contributed by atoms with Crippen LogP contribution in [-0.2, 0) is 13.0 Å². The summed E-state index contributed by atoms with van der Waals surface area (Å²) < 4.78 is 15.0. The van der Waals surface area contributed by atoms with Gasteiger partial charge in [0.05, 0.1) is 41.7 Å². The summed E-state index contributed by atoms with van der Waals surface area (Å²) in [5.74, 6) is 0.312. The molecule has 1 amide bonds. The van der Waals surface area contributed by atoms with Crippen LogP contribution in [0.15, 0.2) is 42.9 Å². The molecular weight excluding hydrogens is 547 g/mol. The molecule has 2 saturated heterocycles. The third kappa shape index (κ3) is 4.69. The van der Waals surface area contributed by atoms with E-state index in [1.54, 1.807) is 4.52 Å². The van der Waals surface area contributed by atoms with Gasteiger partial charge in [0.2, 0.25) is 0 Å². The summed E-state index contributed by atoms with van der Waals surface area (Å²) >= 11 is 0. The van der Waals surface area contributed by atoms with Crippen molar-refractivity contribution >= 4 is 28.7 Å². The lowest BCUT2D eigenvalue weighted by atomic mass is 9.72. The number of halogens is 1. The molecule has 3 fully saturated rings. The first-order chi connectivity index (χ1) is 21.0. The van der Waals surface area contributed by atoms with Gasteiger partial charge in [0.25, 0.3) is 5.91 Å². The minimum Gasteiger partial charge on any atom is -0.385 e. The second kappa shape index (κ2) is 10.2. The molecule has 0 unspecified atom stereocenters. The molecule has 6 heterocycles. The first kappa shape index (κ1) is 26.5. The fourth-order valence-electron chi connectivity index (χ4n) is 6.99. The van der Waals surface area contributed by atoms with Gasteiger partial charge < -0.3 is 20.9 Å². The van der Waals surface area contributed by atoms with Gasteiger partial charge in [-0.3, -0.25) is 19.7 Å². The van der Waals surface area contributed by atoms with Gasteiger partial charge in [-0.15, -0.1) is 5.10 Å². The normalized spacial score (nSPS) is 22.4. The molecule has 1 aromatic carbocycles. The number of carbonyl (C=O) groups excluding carboxylic acids is 1. The maximum Gasteiger partial charge on any atom is 0.271 e. The van der Waals surface area contributed by atoms with Gasteiger partial charge in [0.15, 0.2) is 17.2 Å². The van der Waals surface area contributed by atoms with Crippen molar-refractivity contribution < 1.29 is 9.18 Å². The van der Waals surface area contributed by atoms with Crippen LogP contribution in [0.5, 0.6) is 0 Å². The number of rotatable bonds is 7. The molecule has 12 heteroatoms. The molecule has 0 radical (unpaired) electrons. The third-order valence-corrected chi connectivity index (χ3v) is 9.44. The molecule has 3 N–H and O–H groups in total. The number of imidazole rings is 1. The lowest BCUT2D eigenvalue weighted by molar-refractivity contribution is -0.0289. The van der Waals surface area contributed by atoms with Crippen LogP contribution >= 0.6 is 0 Å². The maximum absolute atomic E-state index is 13.4. The summed E-state index contributed by atoms with van der Waals surface area (Å²) in [6.45, 7) is 6.14. The number of aromatic nitrogens is 5. The molecule has 222 valence electrons. The van der Waals surface area contributed by atoms with Crippen LogP contribution in [-0.4, -0.2) is 87.4 Å². The van der Waals surface area contributed by atoms with Crippen LogP contribution in [0.2, 0.25) is 0 Å². The van der Waals surface area contributed by atoms with Gasteiger partial charge >= 0.3 is 0 Å². The number of piperidine rings is 1. The molecule has 4 aromatic rings. The van der Waals surface area contributed by atoms with E-state index in [0.717, 1.165) is 74.0 Å². The summed E-state index contributed by atoms with van der Waals surface area (Å²) in [4.78, 5) is 31.6. The van der Waals surface area contributed by atoms with Crippen molar-refractivity contribution in [3.63, 3.8) is 0 Å². The Labute approximate surface area is 248 Å². The van der Waals surface area contributed by atoms with Crippen molar-refractivity contribution in [2.24, 2.45) is 5.41 Å².